The number of rotatable bonds is 63. The highest BCUT2D eigenvalue weighted by molar-refractivity contribution is 5.71. The molecule has 1 atom stereocenters. The SMILES string of the molecule is CCCCCCCCC/C=C\CCCCCCCC(=O)OCC(COC(=O)CCCCCCCCCCC/C=C\CCCCCCCCCC)OC(=O)CCCCCCCCCCCCCCCCCCCCCC. The first-order chi connectivity index (χ1) is 37.0. The second-order valence-electron chi connectivity index (χ2n) is 23.1. The monoisotopic (exact) mass is 1050 g/mol. The molecule has 0 aromatic rings. The van der Waals surface area contributed by atoms with E-state index in [0.717, 1.165) is 64.2 Å². The summed E-state index contributed by atoms with van der Waals surface area (Å²) in [6.07, 6.45) is 77.6. The topological polar surface area (TPSA) is 78.9 Å². The third kappa shape index (κ3) is 62.6. The van der Waals surface area contributed by atoms with Gasteiger partial charge in [-0.1, -0.05) is 315 Å². The van der Waals surface area contributed by atoms with Gasteiger partial charge in [0.1, 0.15) is 13.2 Å². The van der Waals surface area contributed by atoms with Crippen molar-refractivity contribution in [2.45, 2.75) is 386 Å². The molecule has 0 aromatic heterocycles. The van der Waals surface area contributed by atoms with Gasteiger partial charge in [0.15, 0.2) is 6.10 Å². The zero-order chi connectivity index (χ0) is 54.3. The van der Waals surface area contributed by atoms with Crippen LogP contribution in [0.3, 0.4) is 0 Å². The van der Waals surface area contributed by atoms with Gasteiger partial charge in [-0.2, -0.15) is 0 Å². The highest BCUT2D eigenvalue weighted by atomic mass is 16.6. The summed E-state index contributed by atoms with van der Waals surface area (Å²) in [7, 11) is 0. The molecule has 0 radical (unpaired) electrons. The Kier molecular flexibility index (Phi) is 62.6. The summed E-state index contributed by atoms with van der Waals surface area (Å²) in [4.78, 5) is 38.4. The zero-order valence-corrected chi connectivity index (χ0v) is 50.8. The van der Waals surface area contributed by atoms with E-state index < -0.39 is 6.10 Å². The molecule has 6 heteroatoms. The van der Waals surface area contributed by atoms with Crippen LogP contribution in [-0.2, 0) is 28.6 Å². The molecule has 0 fully saturated rings. The van der Waals surface area contributed by atoms with Crippen LogP contribution in [0.5, 0.6) is 0 Å². The minimum Gasteiger partial charge on any atom is -0.462 e. The predicted octanol–water partition coefficient (Wildman–Crippen LogP) is 23.0. The number of carbonyl (C=O) groups is 3. The van der Waals surface area contributed by atoms with Gasteiger partial charge in [-0.3, -0.25) is 14.4 Å². The summed E-state index contributed by atoms with van der Waals surface area (Å²) in [5.41, 5.74) is 0. The molecule has 442 valence electrons. The number of hydrogen-bond donors (Lipinski definition) is 0. The van der Waals surface area contributed by atoms with Crippen molar-refractivity contribution in [3.63, 3.8) is 0 Å². The van der Waals surface area contributed by atoms with Crippen LogP contribution < -0.4 is 0 Å². The van der Waals surface area contributed by atoms with Crippen molar-refractivity contribution in [2.75, 3.05) is 13.2 Å². The molecule has 0 aliphatic carbocycles. The van der Waals surface area contributed by atoms with E-state index in [-0.39, 0.29) is 31.1 Å². The Morgan fingerprint density at radius 2 is 0.440 bits per heavy atom. The fourth-order valence-electron chi connectivity index (χ4n) is 10.3. The molecular weight excluding hydrogens is 925 g/mol. The average Bonchev–Trinajstić information content (AvgIpc) is 3.41. The average molecular weight is 1060 g/mol. The van der Waals surface area contributed by atoms with Crippen LogP contribution in [0.25, 0.3) is 0 Å². The number of carbonyl (C=O) groups excluding carboxylic acids is 3. The lowest BCUT2D eigenvalue weighted by atomic mass is 10.0. The Labute approximate surface area is 468 Å². The molecule has 0 saturated carbocycles. The van der Waals surface area contributed by atoms with E-state index >= 15 is 0 Å². The first-order valence-electron chi connectivity index (χ1n) is 33.8. The molecule has 6 nitrogen and oxygen atoms in total. The molecule has 0 heterocycles. The molecule has 0 aliphatic heterocycles. The Bertz CT molecular complexity index is 1210. The molecule has 1 unspecified atom stereocenters. The van der Waals surface area contributed by atoms with Crippen LogP contribution in [0.15, 0.2) is 24.3 Å². The Hall–Kier alpha value is -2.11. The fraction of sp³-hybridized carbons (Fsp3) is 0.899. The van der Waals surface area contributed by atoms with Crippen LogP contribution in [0.2, 0.25) is 0 Å². The second kappa shape index (κ2) is 64.4. The van der Waals surface area contributed by atoms with Gasteiger partial charge in [0, 0.05) is 19.3 Å². The maximum atomic E-state index is 12.9. The van der Waals surface area contributed by atoms with Gasteiger partial charge < -0.3 is 14.2 Å². The molecule has 0 rings (SSSR count). The summed E-state index contributed by atoms with van der Waals surface area (Å²) >= 11 is 0. The molecule has 75 heavy (non-hydrogen) atoms. The van der Waals surface area contributed by atoms with Gasteiger partial charge >= 0.3 is 17.9 Å². The van der Waals surface area contributed by atoms with Gasteiger partial charge in [-0.05, 0) is 70.6 Å². The summed E-state index contributed by atoms with van der Waals surface area (Å²) in [5, 5.41) is 0. The number of ether oxygens (including phenoxy) is 3. The quantitative estimate of drug-likeness (QED) is 0.0261. The van der Waals surface area contributed by atoms with Crippen molar-refractivity contribution < 1.29 is 28.6 Å². The van der Waals surface area contributed by atoms with Gasteiger partial charge in [0.2, 0.25) is 0 Å². The smallest absolute Gasteiger partial charge is 0.306 e. The standard InChI is InChI=1S/C69H130O6/c1-4-7-10-13-16-19-22-25-28-31-33-35-37-38-41-44-47-50-53-56-59-62-68(71)74-65-66(64-73-67(70)61-58-55-52-49-46-43-40-30-27-24-21-18-15-12-9-6-3)75-69(72)63-60-57-54-51-48-45-42-39-36-34-32-29-26-23-20-17-14-11-8-5-2/h30-31,33,40,66H,4-29,32,34-39,41-65H2,1-3H3/b33-31-,40-30-. The Morgan fingerprint density at radius 1 is 0.253 bits per heavy atom. The first kappa shape index (κ1) is 72.9. The summed E-state index contributed by atoms with van der Waals surface area (Å²) < 4.78 is 17.0. The summed E-state index contributed by atoms with van der Waals surface area (Å²) in [6, 6.07) is 0. The van der Waals surface area contributed by atoms with Crippen LogP contribution >= 0.6 is 0 Å². The predicted molar refractivity (Wildman–Crippen MR) is 326 cm³/mol. The highest BCUT2D eigenvalue weighted by Crippen LogP contribution is 2.18. The lowest BCUT2D eigenvalue weighted by Gasteiger charge is -2.18. The normalized spacial score (nSPS) is 12.1. The maximum absolute atomic E-state index is 12.9. The van der Waals surface area contributed by atoms with Crippen molar-refractivity contribution in [3.05, 3.63) is 24.3 Å². The largest absolute Gasteiger partial charge is 0.462 e. The lowest BCUT2D eigenvalue weighted by Crippen LogP contribution is -2.30. The maximum Gasteiger partial charge on any atom is 0.306 e. The number of unbranched alkanes of at least 4 members (excludes halogenated alkanes) is 48. The molecule has 0 bridgehead atoms. The van der Waals surface area contributed by atoms with Gasteiger partial charge in [-0.15, -0.1) is 0 Å². The third-order valence-corrected chi connectivity index (χ3v) is 15.4. The number of esters is 3. The van der Waals surface area contributed by atoms with Gasteiger partial charge in [0.25, 0.3) is 0 Å². The van der Waals surface area contributed by atoms with E-state index in [1.165, 1.54) is 276 Å². The Morgan fingerprint density at radius 3 is 0.667 bits per heavy atom. The van der Waals surface area contributed by atoms with E-state index in [1.54, 1.807) is 0 Å². The number of allylic oxidation sites excluding steroid dienone is 4. The minimum atomic E-state index is -0.773. The molecule has 0 amide bonds. The van der Waals surface area contributed by atoms with Crippen molar-refractivity contribution in [1.29, 1.82) is 0 Å². The minimum absolute atomic E-state index is 0.0698. The summed E-state index contributed by atoms with van der Waals surface area (Å²) in [5.74, 6) is -0.850. The van der Waals surface area contributed by atoms with E-state index in [0.29, 0.717) is 19.3 Å². The van der Waals surface area contributed by atoms with Crippen LogP contribution in [0, 0.1) is 0 Å². The molecular formula is C69H130O6. The van der Waals surface area contributed by atoms with Crippen LogP contribution in [0.1, 0.15) is 380 Å². The van der Waals surface area contributed by atoms with E-state index in [9.17, 15) is 14.4 Å². The first-order valence-corrected chi connectivity index (χ1v) is 33.8. The second-order valence-corrected chi connectivity index (χ2v) is 23.1. The van der Waals surface area contributed by atoms with Crippen molar-refractivity contribution in [2.24, 2.45) is 0 Å². The van der Waals surface area contributed by atoms with Crippen molar-refractivity contribution >= 4 is 17.9 Å². The Balaban J connectivity index is 4.31. The molecule has 0 aliphatic rings. The van der Waals surface area contributed by atoms with Gasteiger partial charge in [0.05, 0.1) is 0 Å². The van der Waals surface area contributed by atoms with E-state index in [2.05, 4.69) is 45.1 Å². The van der Waals surface area contributed by atoms with E-state index in [1.807, 2.05) is 0 Å². The van der Waals surface area contributed by atoms with E-state index in [4.69, 9.17) is 14.2 Å². The fourth-order valence-corrected chi connectivity index (χ4v) is 10.3. The summed E-state index contributed by atoms with van der Waals surface area (Å²) in [6.45, 7) is 6.71. The number of hydrogen-bond acceptors (Lipinski definition) is 6. The van der Waals surface area contributed by atoms with Crippen LogP contribution in [0.4, 0.5) is 0 Å². The lowest BCUT2D eigenvalue weighted by molar-refractivity contribution is -0.167. The van der Waals surface area contributed by atoms with Crippen molar-refractivity contribution in [1.82, 2.24) is 0 Å². The van der Waals surface area contributed by atoms with Gasteiger partial charge in [-0.25, -0.2) is 0 Å². The zero-order valence-electron chi connectivity index (χ0n) is 50.8. The molecule has 0 saturated heterocycles. The van der Waals surface area contributed by atoms with Crippen molar-refractivity contribution in [3.8, 4) is 0 Å². The molecule has 0 N–H and O–H groups in total. The highest BCUT2D eigenvalue weighted by Gasteiger charge is 2.19. The third-order valence-electron chi connectivity index (χ3n) is 15.4. The van der Waals surface area contributed by atoms with Crippen LogP contribution in [-0.4, -0.2) is 37.2 Å². The molecule has 0 spiro atoms. The molecule has 0 aromatic carbocycles.